The summed E-state index contributed by atoms with van der Waals surface area (Å²) < 4.78 is 0. The molecule has 0 bridgehead atoms. The summed E-state index contributed by atoms with van der Waals surface area (Å²) in [6.45, 7) is 8.44. The molecular formula is C12H25NO. The summed E-state index contributed by atoms with van der Waals surface area (Å²) in [6.07, 6.45) is 5.45. The first-order valence-corrected chi connectivity index (χ1v) is 5.94. The monoisotopic (exact) mass is 199 g/mol. The van der Waals surface area contributed by atoms with Crippen molar-refractivity contribution in [1.29, 1.82) is 0 Å². The van der Waals surface area contributed by atoms with Gasteiger partial charge in [0.2, 0.25) is 5.91 Å². The summed E-state index contributed by atoms with van der Waals surface area (Å²) in [5.41, 5.74) is 0. The van der Waals surface area contributed by atoms with Crippen LogP contribution < -0.4 is 5.32 Å². The smallest absolute Gasteiger partial charge is 0.219 e. The Balaban J connectivity index is 3.99. The molecule has 0 aliphatic carbocycles. The lowest BCUT2D eigenvalue weighted by molar-refractivity contribution is -0.121. The Labute approximate surface area is 88.5 Å². The second kappa shape index (κ2) is 7.84. The molecule has 2 heteroatoms. The highest BCUT2D eigenvalue weighted by atomic mass is 16.1. The van der Waals surface area contributed by atoms with Crippen molar-refractivity contribution in [3.05, 3.63) is 0 Å². The normalized spacial score (nSPS) is 12.9. The van der Waals surface area contributed by atoms with Crippen LogP contribution in [0.5, 0.6) is 0 Å². The van der Waals surface area contributed by atoms with Gasteiger partial charge in [0.25, 0.3) is 0 Å². The second-order valence-corrected chi connectivity index (χ2v) is 4.05. The zero-order valence-corrected chi connectivity index (χ0v) is 10.1. The van der Waals surface area contributed by atoms with Gasteiger partial charge in [-0.05, 0) is 25.7 Å². The first kappa shape index (κ1) is 13.5. The van der Waals surface area contributed by atoms with Crippen molar-refractivity contribution < 1.29 is 4.79 Å². The fraction of sp³-hybridized carbons (Fsp3) is 0.917. The van der Waals surface area contributed by atoms with Gasteiger partial charge >= 0.3 is 0 Å². The SMILES string of the molecule is CCCC(CCC)C(C)NC(=O)CC. The average Bonchev–Trinajstić information content (AvgIpc) is 2.17. The van der Waals surface area contributed by atoms with E-state index >= 15 is 0 Å². The first-order valence-electron chi connectivity index (χ1n) is 5.94. The van der Waals surface area contributed by atoms with Crippen LogP contribution in [0.1, 0.15) is 59.8 Å². The molecule has 0 aliphatic rings. The Hall–Kier alpha value is -0.530. The minimum absolute atomic E-state index is 0.176. The molecule has 1 atom stereocenters. The van der Waals surface area contributed by atoms with E-state index in [0.717, 1.165) is 0 Å². The fourth-order valence-electron chi connectivity index (χ4n) is 1.86. The Kier molecular flexibility index (Phi) is 7.54. The molecule has 84 valence electrons. The number of rotatable bonds is 7. The summed E-state index contributed by atoms with van der Waals surface area (Å²) in [6, 6.07) is 0.336. The molecule has 1 amide bonds. The van der Waals surface area contributed by atoms with Gasteiger partial charge < -0.3 is 5.32 Å². The van der Waals surface area contributed by atoms with Crippen LogP contribution in [0.25, 0.3) is 0 Å². The third kappa shape index (κ3) is 5.25. The van der Waals surface area contributed by atoms with Crippen molar-refractivity contribution >= 4 is 5.91 Å². The average molecular weight is 199 g/mol. The van der Waals surface area contributed by atoms with Crippen molar-refractivity contribution in [3.63, 3.8) is 0 Å². The Morgan fingerprint density at radius 1 is 1.14 bits per heavy atom. The summed E-state index contributed by atoms with van der Waals surface area (Å²) >= 11 is 0. The van der Waals surface area contributed by atoms with Crippen molar-refractivity contribution in [2.75, 3.05) is 0 Å². The molecule has 0 rings (SSSR count). The quantitative estimate of drug-likeness (QED) is 0.670. The molecule has 0 aliphatic heterocycles. The highest BCUT2D eigenvalue weighted by Crippen LogP contribution is 2.17. The van der Waals surface area contributed by atoms with Crippen LogP contribution in [-0.4, -0.2) is 11.9 Å². The molecular weight excluding hydrogens is 174 g/mol. The maximum Gasteiger partial charge on any atom is 0.219 e. The lowest BCUT2D eigenvalue weighted by Gasteiger charge is -2.24. The predicted molar refractivity (Wildman–Crippen MR) is 61.2 cm³/mol. The number of hydrogen-bond acceptors (Lipinski definition) is 1. The van der Waals surface area contributed by atoms with E-state index in [2.05, 4.69) is 26.1 Å². The van der Waals surface area contributed by atoms with E-state index in [1.54, 1.807) is 0 Å². The fourth-order valence-corrected chi connectivity index (χ4v) is 1.86. The number of carbonyl (C=O) groups excluding carboxylic acids is 1. The van der Waals surface area contributed by atoms with Gasteiger partial charge in [0, 0.05) is 12.5 Å². The summed E-state index contributed by atoms with van der Waals surface area (Å²) in [5.74, 6) is 0.829. The molecule has 14 heavy (non-hydrogen) atoms. The van der Waals surface area contributed by atoms with Crippen molar-refractivity contribution in [2.24, 2.45) is 5.92 Å². The van der Waals surface area contributed by atoms with Gasteiger partial charge in [-0.1, -0.05) is 33.6 Å². The van der Waals surface area contributed by atoms with Gasteiger partial charge in [0.1, 0.15) is 0 Å². The van der Waals surface area contributed by atoms with Crippen molar-refractivity contribution in [1.82, 2.24) is 5.32 Å². The Morgan fingerprint density at radius 3 is 2.00 bits per heavy atom. The molecule has 1 N–H and O–H groups in total. The molecule has 0 fully saturated rings. The van der Waals surface area contributed by atoms with Crippen molar-refractivity contribution in [3.8, 4) is 0 Å². The van der Waals surface area contributed by atoms with E-state index < -0.39 is 0 Å². The van der Waals surface area contributed by atoms with Crippen LogP contribution in [0, 0.1) is 5.92 Å². The van der Waals surface area contributed by atoms with Crippen LogP contribution in [0.3, 0.4) is 0 Å². The molecule has 2 nitrogen and oxygen atoms in total. The molecule has 0 heterocycles. The molecule has 0 aromatic rings. The molecule has 0 aromatic heterocycles. The number of carbonyl (C=O) groups is 1. The summed E-state index contributed by atoms with van der Waals surface area (Å²) in [4.78, 5) is 11.2. The van der Waals surface area contributed by atoms with Crippen LogP contribution in [-0.2, 0) is 4.79 Å². The van der Waals surface area contributed by atoms with E-state index in [1.165, 1.54) is 25.7 Å². The molecule has 0 spiro atoms. The van der Waals surface area contributed by atoms with Crippen LogP contribution in [0.15, 0.2) is 0 Å². The van der Waals surface area contributed by atoms with E-state index in [0.29, 0.717) is 18.4 Å². The van der Waals surface area contributed by atoms with Crippen LogP contribution in [0.2, 0.25) is 0 Å². The molecule has 0 radical (unpaired) electrons. The summed E-state index contributed by atoms with van der Waals surface area (Å²) in [5, 5.41) is 3.06. The zero-order chi connectivity index (χ0) is 11.0. The molecule has 0 saturated heterocycles. The minimum atomic E-state index is 0.176. The van der Waals surface area contributed by atoms with Crippen LogP contribution >= 0.6 is 0 Å². The molecule has 1 unspecified atom stereocenters. The third-order valence-electron chi connectivity index (χ3n) is 2.74. The van der Waals surface area contributed by atoms with Gasteiger partial charge in [0.15, 0.2) is 0 Å². The number of amides is 1. The van der Waals surface area contributed by atoms with Crippen molar-refractivity contribution in [2.45, 2.75) is 65.8 Å². The lowest BCUT2D eigenvalue weighted by atomic mass is 9.91. The van der Waals surface area contributed by atoms with Gasteiger partial charge in [-0.3, -0.25) is 4.79 Å². The third-order valence-corrected chi connectivity index (χ3v) is 2.74. The predicted octanol–water partition coefficient (Wildman–Crippen LogP) is 3.12. The zero-order valence-electron chi connectivity index (χ0n) is 10.1. The highest BCUT2D eigenvalue weighted by molar-refractivity contribution is 5.75. The van der Waals surface area contributed by atoms with E-state index in [9.17, 15) is 4.79 Å². The van der Waals surface area contributed by atoms with E-state index in [-0.39, 0.29) is 5.91 Å². The number of nitrogens with one attached hydrogen (secondary N) is 1. The van der Waals surface area contributed by atoms with Crippen LogP contribution in [0.4, 0.5) is 0 Å². The highest BCUT2D eigenvalue weighted by Gasteiger charge is 2.16. The Bertz CT molecular complexity index is 150. The van der Waals surface area contributed by atoms with Gasteiger partial charge in [0.05, 0.1) is 0 Å². The topological polar surface area (TPSA) is 29.1 Å². The minimum Gasteiger partial charge on any atom is -0.353 e. The summed E-state index contributed by atoms with van der Waals surface area (Å²) in [7, 11) is 0. The largest absolute Gasteiger partial charge is 0.353 e. The van der Waals surface area contributed by atoms with E-state index in [4.69, 9.17) is 0 Å². The maximum atomic E-state index is 11.2. The lowest BCUT2D eigenvalue weighted by Crippen LogP contribution is -2.37. The van der Waals surface area contributed by atoms with Gasteiger partial charge in [-0.15, -0.1) is 0 Å². The second-order valence-electron chi connectivity index (χ2n) is 4.05. The molecule has 0 aromatic carbocycles. The van der Waals surface area contributed by atoms with Gasteiger partial charge in [-0.2, -0.15) is 0 Å². The maximum absolute atomic E-state index is 11.2. The Morgan fingerprint density at radius 2 is 1.64 bits per heavy atom. The standard InChI is InChI=1S/C12H25NO/c1-5-8-11(9-6-2)10(4)13-12(14)7-3/h10-11H,5-9H2,1-4H3,(H,13,14). The first-order chi connectivity index (χ1) is 6.65. The molecule has 0 saturated carbocycles. The van der Waals surface area contributed by atoms with E-state index in [1.807, 2.05) is 6.92 Å². The number of hydrogen-bond donors (Lipinski definition) is 1. The van der Waals surface area contributed by atoms with Gasteiger partial charge in [-0.25, -0.2) is 0 Å².